The van der Waals surface area contributed by atoms with Crippen LogP contribution in [0, 0.1) is 5.82 Å². The zero-order valence-corrected chi connectivity index (χ0v) is 16.7. The molecule has 2 aromatic carbocycles. The fourth-order valence-electron chi connectivity index (χ4n) is 2.93. The Hall–Kier alpha value is -2.60. The van der Waals surface area contributed by atoms with E-state index in [0.29, 0.717) is 29.1 Å². The first-order valence-corrected chi connectivity index (χ1v) is 9.39. The summed E-state index contributed by atoms with van der Waals surface area (Å²) in [5.41, 5.74) is 0.222. The Morgan fingerprint density at radius 1 is 1.14 bits per heavy atom. The quantitative estimate of drug-likeness (QED) is 0.774. The van der Waals surface area contributed by atoms with Gasteiger partial charge in [-0.05, 0) is 39.3 Å². The van der Waals surface area contributed by atoms with Gasteiger partial charge >= 0.3 is 6.09 Å². The maximum atomic E-state index is 15.0. The predicted molar refractivity (Wildman–Crippen MR) is 107 cm³/mol. The van der Waals surface area contributed by atoms with E-state index >= 15 is 0 Å². The Labute approximate surface area is 168 Å². The van der Waals surface area contributed by atoms with Gasteiger partial charge in [0, 0.05) is 22.7 Å². The Kier molecular flexibility index (Phi) is 5.61. The number of nitrogens with zero attached hydrogens (tertiary/aromatic N) is 1. The number of ether oxygens (including phenoxy) is 1. The molecular weight excluding hydrogens is 383 g/mol. The fourth-order valence-corrected chi connectivity index (χ4v) is 3.17. The van der Waals surface area contributed by atoms with Crippen LogP contribution in [0.1, 0.15) is 27.2 Å². The van der Waals surface area contributed by atoms with Gasteiger partial charge in [0.2, 0.25) is 5.91 Å². The molecule has 0 aromatic heterocycles. The van der Waals surface area contributed by atoms with Gasteiger partial charge in [0.25, 0.3) is 0 Å². The van der Waals surface area contributed by atoms with Crippen molar-refractivity contribution in [2.75, 3.05) is 11.9 Å². The van der Waals surface area contributed by atoms with Crippen LogP contribution in [-0.4, -0.2) is 35.1 Å². The third kappa shape index (κ3) is 4.28. The first-order valence-electron chi connectivity index (χ1n) is 9.01. The number of rotatable bonds is 3. The highest BCUT2D eigenvalue weighted by atomic mass is 35.5. The molecule has 1 atom stereocenters. The monoisotopic (exact) mass is 404 g/mol. The third-order valence-corrected chi connectivity index (χ3v) is 4.70. The van der Waals surface area contributed by atoms with Gasteiger partial charge in [-0.1, -0.05) is 41.9 Å². The molecule has 3 rings (SSSR count). The molecule has 0 unspecified atom stereocenters. The molecule has 2 aromatic rings. The number of anilines is 1. The number of hydrogen-bond donors (Lipinski definition) is 1. The maximum Gasteiger partial charge on any atom is 0.410 e. The molecule has 7 heteroatoms. The van der Waals surface area contributed by atoms with Gasteiger partial charge in [0.15, 0.2) is 5.82 Å². The minimum atomic E-state index is -0.682. The van der Waals surface area contributed by atoms with Crippen molar-refractivity contribution in [3.05, 3.63) is 53.3 Å². The zero-order chi connectivity index (χ0) is 20.5. The second-order valence-corrected chi connectivity index (χ2v) is 8.02. The SMILES string of the molecule is CC(C)(C)OC(=O)N1CC[C@@H]1C(=O)Nc1cccc(-c2ccccc2Cl)c1F. The second kappa shape index (κ2) is 7.80. The predicted octanol–water partition coefficient (Wildman–Crippen LogP) is 5.09. The molecule has 0 radical (unpaired) electrons. The summed E-state index contributed by atoms with van der Waals surface area (Å²) in [4.78, 5) is 26.1. The van der Waals surface area contributed by atoms with Crippen LogP contribution in [0.3, 0.4) is 0 Å². The van der Waals surface area contributed by atoms with Crippen LogP contribution >= 0.6 is 11.6 Å². The van der Waals surface area contributed by atoms with Crippen molar-refractivity contribution >= 4 is 29.3 Å². The van der Waals surface area contributed by atoms with Gasteiger partial charge in [-0.25, -0.2) is 9.18 Å². The van der Waals surface area contributed by atoms with Crippen molar-refractivity contribution in [2.24, 2.45) is 0 Å². The Bertz CT molecular complexity index is 911. The normalized spacial score (nSPS) is 16.3. The largest absolute Gasteiger partial charge is 0.444 e. The second-order valence-electron chi connectivity index (χ2n) is 7.61. The molecule has 2 amide bonds. The summed E-state index contributed by atoms with van der Waals surface area (Å²) in [6.45, 7) is 5.70. The lowest BCUT2D eigenvalue weighted by Crippen LogP contribution is -2.57. The molecule has 0 spiro atoms. The third-order valence-electron chi connectivity index (χ3n) is 4.37. The summed E-state index contributed by atoms with van der Waals surface area (Å²) in [7, 11) is 0. The van der Waals surface area contributed by atoms with Crippen LogP contribution in [-0.2, 0) is 9.53 Å². The molecule has 0 bridgehead atoms. The van der Waals surface area contributed by atoms with E-state index in [1.807, 2.05) is 0 Å². The van der Waals surface area contributed by atoms with Crippen LogP contribution in [0.5, 0.6) is 0 Å². The first kappa shape index (κ1) is 20.1. The summed E-state index contributed by atoms with van der Waals surface area (Å²) in [6, 6.07) is 10.9. The van der Waals surface area contributed by atoms with E-state index in [-0.39, 0.29) is 5.69 Å². The summed E-state index contributed by atoms with van der Waals surface area (Å²) >= 11 is 6.17. The smallest absolute Gasteiger partial charge is 0.410 e. The van der Waals surface area contributed by atoms with Crippen LogP contribution in [0.2, 0.25) is 5.02 Å². The molecule has 1 heterocycles. The fraction of sp³-hybridized carbons (Fsp3) is 0.333. The van der Waals surface area contributed by atoms with Crippen molar-refractivity contribution in [3.8, 4) is 11.1 Å². The van der Waals surface area contributed by atoms with E-state index in [0.717, 1.165) is 0 Å². The molecule has 1 aliphatic heterocycles. The van der Waals surface area contributed by atoms with Gasteiger partial charge in [0.05, 0.1) is 5.69 Å². The molecule has 1 saturated heterocycles. The Balaban J connectivity index is 1.76. The maximum absolute atomic E-state index is 15.0. The number of carbonyl (C=O) groups excluding carboxylic acids is 2. The van der Waals surface area contributed by atoms with Gasteiger partial charge in [-0.15, -0.1) is 0 Å². The van der Waals surface area contributed by atoms with E-state index < -0.39 is 29.5 Å². The molecule has 0 aliphatic carbocycles. The van der Waals surface area contributed by atoms with Crippen LogP contribution in [0.25, 0.3) is 11.1 Å². The summed E-state index contributed by atoms with van der Waals surface area (Å²) < 4.78 is 20.3. The highest BCUT2D eigenvalue weighted by molar-refractivity contribution is 6.33. The lowest BCUT2D eigenvalue weighted by Gasteiger charge is -2.40. The standard InChI is InChI=1S/C21H22ClFN2O3/c1-21(2,3)28-20(27)25-12-11-17(25)19(26)24-16-10-6-8-14(18(16)23)13-7-4-5-9-15(13)22/h4-10,17H,11-12H2,1-3H3,(H,24,26)/t17-/m1/s1. The van der Waals surface area contributed by atoms with Gasteiger partial charge in [-0.3, -0.25) is 9.69 Å². The number of nitrogens with one attached hydrogen (secondary N) is 1. The molecule has 1 fully saturated rings. The van der Waals surface area contributed by atoms with Crippen LogP contribution < -0.4 is 5.32 Å². The summed E-state index contributed by atoms with van der Waals surface area (Å²) in [5, 5.41) is 3.00. The van der Waals surface area contributed by atoms with E-state index in [4.69, 9.17) is 16.3 Å². The van der Waals surface area contributed by atoms with Crippen molar-refractivity contribution in [2.45, 2.75) is 38.8 Å². The Morgan fingerprint density at radius 2 is 1.82 bits per heavy atom. The summed E-state index contributed by atoms with van der Waals surface area (Å²) in [5.74, 6) is -1.03. The number of hydrogen-bond acceptors (Lipinski definition) is 3. The van der Waals surface area contributed by atoms with Gasteiger partial charge in [-0.2, -0.15) is 0 Å². The molecular formula is C21H22ClFN2O3. The van der Waals surface area contributed by atoms with Crippen LogP contribution in [0.4, 0.5) is 14.9 Å². The molecule has 0 saturated carbocycles. The molecule has 148 valence electrons. The van der Waals surface area contributed by atoms with Gasteiger partial charge < -0.3 is 10.1 Å². The number of carbonyl (C=O) groups is 2. The number of benzene rings is 2. The van der Waals surface area contributed by atoms with E-state index in [2.05, 4.69) is 5.32 Å². The molecule has 1 N–H and O–H groups in total. The number of likely N-dealkylation sites (tertiary alicyclic amines) is 1. The van der Waals surface area contributed by atoms with E-state index in [1.165, 1.54) is 11.0 Å². The average molecular weight is 405 g/mol. The first-order chi connectivity index (χ1) is 13.2. The minimum absolute atomic E-state index is 0.0402. The van der Waals surface area contributed by atoms with E-state index in [1.54, 1.807) is 57.2 Å². The van der Waals surface area contributed by atoms with Crippen LogP contribution in [0.15, 0.2) is 42.5 Å². The minimum Gasteiger partial charge on any atom is -0.444 e. The van der Waals surface area contributed by atoms with E-state index in [9.17, 15) is 14.0 Å². The molecule has 5 nitrogen and oxygen atoms in total. The highest BCUT2D eigenvalue weighted by Crippen LogP contribution is 2.33. The lowest BCUT2D eigenvalue weighted by atomic mass is 10.0. The van der Waals surface area contributed by atoms with Crippen molar-refractivity contribution in [3.63, 3.8) is 0 Å². The zero-order valence-electron chi connectivity index (χ0n) is 16.0. The molecule has 1 aliphatic rings. The Morgan fingerprint density at radius 3 is 2.43 bits per heavy atom. The van der Waals surface area contributed by atoms with Gasteiger partial charge in [0.1, 0.15) is 11.6 Å². The summed E-state index contributed by atoms with van der Waals surface area (Å²) in [6.07, 6.45) is -0.0548. The molecule has 28 heavy (non-hydrogen) atoms. The van der Waals surface area contributed by atoms with Crippen molar-refractivity contribution in [1.82, 2.24) is 4.90 Å². The van der Waals surface area contributed by atoms with Crippen molar-refractivity contribution in [1.29, 1.82) is 0 Å². The number of amides is 2. The topological polar surface area (TPSA) is 58.6 Å². The van der Waals surface area contributed by atoms with Crippen molar-refractivity contribution < 1.29 is 18.7 Å². The average Bonchev–Trinajstić information content (AvgIpc) is 2.55. The number of halogens is 2. The lowest BCUT2D eigenvalue weighted by molar-refractivity contribution is -0.125. The highest BCUT2D eigenvalue weighted by Gasteiger charge is 2.40.